The van der Waals surface area contributed by atoms with Gasteiger partial charge < -0.3 is 14.5 Å². The molecule has 1 N–H and O–H groups in total. The molecule has 3 aromatic carbocycles. The number of H-pyrrole nitrogens is 1. The number of hydrogen-bond donors (Lipinski definition) is 1. The fraction of sp³-hybridized carbons (Fsp3) is 0.179. The van der Waals surface area contributed by atoms with Crippen LogP contribution in [0.3, 0.4) is 0 Å². The molecule has 2 aliphatic heterocycles. The summed E-state index contributed by atoms with van der Waals surface area (Å²) in [5.41, 5.74) is 2.13. The lowest BCUT2D eigenvalue weighted by Gasteiger charge is -2.30. The van der Waals surface area contributed by atoms with Crippen molar-refractivity contribution < 1.29 is 19.1 Å². The van der Waals surface area contributed by atoms with E-state index in [1.807, 2.05) is 42.5 Å². The van der Waals surface area contributed by atoms with E-state index in [-0.39, 0.29) is 23.3 Å². The summed E-state index contributed by atoms with van der Waals surface area (Å²) in [6, 6.07) is 21.7. The van der Waals surface area contributed by atoms with Crippen LogP contribution in [-0.4, -0.2) is 29.2 Å². The van der Waals surface area contributed by atoms with Crippen LogP contribution in [0.2, 0.25) is 5.02 Å². The van der Waals surface area contributed by atoms with Crippen LogP contribution in [0.15, 0.2) is 82.6 Å². The maximum absolute atomic E-state index is 14.0. The number of thiazole rings is 1. The first-order chi connectivity index (χ1) is 18.4. The SMILES string of the molecule is COc1ccc(N2C(=O)C3Sc4[nH]c(=O)sc4C(c4ccccc4OCc4cccc(Cl)c4)C3C2=O)cc1. The molecule has 0 aliphatic carbocycles. The summed E-state index contributed by atoms with van der Waals surface area (Å²) in [7, 11) is 1.56. The van der Waals surface area contributed by atoms with Crippen molar-refractivity contribution in [3.8, 4) is 11.5 Å². The zero-order chi connectivity index (χ0) is 26.4. The molecule has 1 saturated heterocycles. The Morgan fingerprint density at radius 3 is 2.53 bits per heavy atom. The zero-order valence-electron chi connectivity index (χ0n) is 20.1. The van der Waals surface area contributed by atoms with Crippen LogP contribution in [0.5, 0.6) is 11.5 Å². The van der Waals surface area contributed by atoms with Crippen LogP contribution >= 0.6 is 34.7 Å². The highest BCUT2D eigenvalue weighted by atomic mass is 35.5. The number of ether oxygens (including phenoxy) is 2. The fourth-order valence-corrected chi connectivity index (χ4v) is 7.71. The van der Waals surface area contributed by atoms with Gasteiger partial charge in [0.25, 0.3) is 0 Å². The van der Waals surface area contributed by atoms with Gasteiger partial charge in [0.1, 0.15) is 23.4 Å². The van der Waals surface area contributed by atoms with Crippen LogP contribution in [0, 0.1) is 5.92 Å². The molecule has 7 nitrogen and oxygen atoms in total. The number of fused-ring (bicyclic) bond motifs is 2. The van der Waals surface area contributed by atoms with Gasteiger partial charge in [0.15, 0.2) is 0 Å². The number of benzene rings is 3. The van der Waals surface area contributed by atoms with E-state index in [2.05, 4.69) is 4.98 Å². The number of nitrogens with one attached hydrogen (secondary N) is 1. The minimum absolute atomic E-state index is 0.225. The molecule has 1 aromatic heterocycles. The zero-order valence-corrected chi connectivity index (χ0v) is 22.4. The number of nitrogens with zero attached hydrogens (tertiary/aromatic N) is 1. The van der Waals surface area contributed by atoms with E-state index in [4.69, 9.17) is 21.1 Å². The Labute approximate surface area is 231 Å². The summed E-state index contributed by atoms with van der Waals surface area (Å²) in [5.74, 6) is -0.643. The highest BCUT2D eigenvalue weighted by molar-refractivity contribution is 8.00. The molecule has 3 unspecified atom stereocenters. The molecule has 6 rings (SSSR count). The number of para-hydroxylation sites is 1. The molecule has 0 bridgehead atoms. The Morgan fingerprint density at radius 2 is 1.76 bits per heavy atom. The summed E-state index contributed by atoms with van der Waals surface area (Å²) in [6.07, 6.45) is 0. The van der Waals surface area contributed by atoms with Crippen LogP contribution in [-0.2, 0) is 16.2 Å². The Hall–Kier alpha value is -3.53. The van der Waals surface area contributed by atoms with E-state index in [0.717, 1.165) is 27.3 Å². The maximum atomic E-state index is 14.0. The van der Waals surface area contributed by atoms with Crippen molar-refractivity contribution in [3.05, 3.63) is 103 Å². The van der Waals surface area contributed by atoms with Crippen molar-refractivity contribution in [3.63, 3.8) is 0 Å². The van der Waals surface area contributed by atoms with Crippen molar-refractivity contribution in [2.75, 3.05) is 12.0 Å². The van der Waals surface area contributed by atoms with Crippen LogP contribution in [0.4, 0.5) is 5.69 Å². The Balaban J connectivity index is 1.41. The topological polar surface area (TPSA) is 88.7 Å². The molecule has 2 amide bonds. The van der Waals surface area contributed by atoms with Crippen molar-refractivity contribution >= 4 is 52.2 Å². The van der Waals surface area contributed by atoms with Crippen molar-refractivity contribution in [2.24, 2.45) is 5.92 Å². The highest BCUT2D eigenvalue weighted by Gasteiger charge is 2.56. The average molecular weight is 565 g/mol. The number of imide groups is 1. The van der Waals surface area contributed by atoms with Gasteiger partial charge >= 0.3 is 4.87 Å². The first kappa shape index (κ1) is 24.8. The van der Waals surface area contributed by atoms with Gasteiger partial charge in [-0.25, -0.2) is 4.90 Å². The van der Waals surface area contributed by atoms with Gasteiger partial charge in [-0.3, -0.25) is 14.4 Å². The monoisotopic (exact) mass is 564 g/mol. The summed E-state index contributed by atoms with van der Waals surface area (Å²) in [6.45, 7) is 0.272. The van der Waals surface area contributed by atoms with E-state index in [1.165, 1.54) is 16.7 Å². The number of halogens is 1. The second-order valence-corrected chi connectivity index (χ2v) is 11.5. The number of aromatic amines is 1. The molecule has 1 fully saturated rings. The summed E-state index contributed by atoms with van der Waals surface area (Å²) in [4.78, 5) is 44.6. The number of hydrogen-bond acceptors (Lipinski definition) is 7. The molecule has 0 spiro atoms. The predicted molar refractivity (Wildman–Crippen MR) is 148 cm³/mol. The largest absolute Gasteiger partial charge is 0.497 e. The molecule has 0 saturated carbocycles. The fourth-order valence-electron chi connectivity index (χ4n) is 4.99. The van der Waals surface area contributed by atoms with Crippen molar-refractivity contribution in [1.29, 1.82) is 0 Å². The Morgan fingerprint density at radius 1 is 0.974 bits per heavy atom. The minimum atomic E-state index is -0.704. The lowest BCUT2D eigenvalue weighted by atomic mass is 9.82. The van der Waals surface area contributed by atoms with E-state index in [1.54, 1.807) is 37.4 Å². The molecule has 2 aliphatic rings. The molecule has 3 heterocycles. The summed E-state index contributed by atoms with van der Waals surface area (Å²) < 4.78 is 11.5. The average Bonchev–Trinajstić information content (AvgIpc) is 3.42. The Bertz CT molecular complexity index is 1600. The van der Waals surface area contributed by atoms with Gasteiger partial charge in [-0.1, -0.05) is 65.0 Å². The first-order valence-electron chi connectivity index (χ1n) is 11.8. The molecule has 10 heteroatoms. The normalized spacial score (nSPS) is 20.3. The molecular formula is C28H21ClN2O5S2. The van der Waals surface area contributed by atoms with Crippen LogP contribution < -0.4 is 19.2 Å². The first-order valence-corrected chi connectivity index (χ1v) is 13.9. The molecule has 192 valence electrons. The van der Waals surface area contributed by atoms with Gasteiger partial charge in [-0.15, -0.1) is 0 Å². The predicted octanol–water partition coefficient (Wildman–Crippen LogP) is 5.47. The number of carbonyl (C=O) groups excluding carboxylic acids is 2. The van der Waals surface area contributed by atoms with Gasteiger partial charge in [-0.05, 0) is 48.0 Å². The third-order valence-electron chi connectivity index (χ3n) is 6.69. The molecule has 4 aromatic rings. The molecule has 38 heavy (non-hydrogen) atoms. The number of thioether (sulfide) groups is 1. The van der Waals surface area contributed by atoms with Crippen LogP contribution in [0.1, 0.15) is 21.9 Å². The van der Waals surface area contributed by atoms with E-state index < -0.39 is 17.1 Å². The molecule has 0 radical (unpaired) electrons. The Kier molecular flexibility index (Phi) is 6.51. The second-order valence-electron chi connectivity index (χ2n) is 8.92. The van der Waals surface area contributed by atoms with Gasteiger partial charge in [0.05, 0.1) is 23.7 Å². The number of amides is 2. The van der Waals surface area contributed by atoms with E-state index in [0.29, 0.717) is 27.2 Å². The lowest BCUT2D eigenvalue weighted by molar-refractivity contribution is -0.122. The third kappa shape index (κ3) is 4.30. The number of methoxy groups -OCH3 is 1. The number of rotatable bonds is 6. The minimum Gasteiger partial charge on any atom is -0.497 e. The number of carbonyl (C=O) groups is 2. The second kappa shape index (κ2) is 9.98. The summed E-state index contributed by atoms with van der Waals surface area (Å²) >= 11 is 8.45. The van der Waals surface area contributed by atoms with Gasteiger partial charge in [-0.2, -0.15) is 0 Å². The van der Waals surface area contributed by atoms with Crippen molar-refractivity contribution in [1.82, 2.24) is 4.98 Å². The van der Waals surface area contributed by atoms with Gasteiger partial charge in [0, 0.05) is 21.4 Å². The molecule has 3 atom stereocenters. The number of aromatic nitrogens is 1. The van der Waals surface area contributed by atoms with Crippen LogP contribution in [0.25, 0.3) is 0 Å². The maximum Gasteiger partial charge on any atom is 0.305 e. The number of anilines is 1. The standard InChI is InChI=1S/C28H21ClN2O5S2/c1-35-18-11-9-17(10-12-18)31-26(32)22-21(23-25(30-28(34)38-23)37-24(22)27(31)33)19-7-2-3-8-20(19)36-14-15-5-4-6-16(29)13-15/h2-13,21-22,24H,14H2,1H3,(H,30,34). The lowest BCUT2D eigenvalue weighted by Crippen LogP contribution is -2.32. The smallest absolute Gasteiger partial charge is 0.305 e. The van der Waals surface area contributed by atoms with Gasteiger partial charge in [0.2, 0.25) is 11.8 Å². The van der Waals surface area contributed by atoms with Crippen molar-refractivity contribution in [2.45, 2.75) is 22.8 Å². The third-order valence-corrected chi connectivity index (χ3v) is 9.33. The highest BCUT2D eigenvalue weighted by Crippen LogP contribution is 2.54. The quantitative estimate of drug-likeness (QED) is 0.312. The summed E-state index contributed by atoms with van der Waals surface area (Å²) in [5, 5.41) is 0.545. The van der Waals surface area contributed by atoms with E-state index in [9.17, 15) is 14.4 Å². The molecular weight excluding hydrogens is 544 g/mol. The van der Waals surface area contributed by atoms with E-state index >= 15 is 0 Å².